The summed E-state index contributed by atoms with van der Waals surface area (Å²) in [5.41, 5.74) is 0. The van der Waals surface area contributed by atoms with Gasteiger partial charge in [-0.05, 0) is 28.7 Å². The molecule has 0 aromatic heterocycles. The zero-order chi connectivity index (χ0) is 17.8. The van der Waals surface area contributed by atoms with Gasteiger partial charge < -0.3 is 8.54 Å². The summed E-state index contributed by atoms with van der Waals surface area (Å²) >= 11 is 0. The smallest absolute Gasteiger partial charge is 0.321 e. The highest BCUT2D eigenvalue weighted by Crippen LogP contribution is 2.17. The van der Waals surface area contributed by atoms with Crippen LogP contribution in [-0.2, 0) is 8.54 Å². The zero-order valence-corrected chi connectivity index (χ0v) is 17.0. The maximum absolute atomic E-state index is 6.99. The highest BCUT2D eigenvalue weighted by molar-refractivity contribution is 7.10. The van der Waals surface area contributed by atoms with Gasteiger partial charge in [0.15, 0.2) is 0 Å². The summed E-state index contributed by atoms with van der Waals surface area (Å²) in [6.45, 7) is 4.23. The van der Waals surface area contributed by atoms with E-state index in [1.807, 2.05) is 0 Å². The predicted octanol–water partition coefficient (Wildman–Crippen LogP) is 3.02. The maximum atomic E-state index is 6.99. The lowest BCUT2D eigenvalue weighted by Gasteiger charge is -2.38. The average Bonchev–Trinajstić information content (AvgIpc) is 2.68. The molecule has 2 nitrogen and oxygen atoms in total. The molecular weight excluding hydrogens is 340 g/mol. The molecule has 0 heterocycles. The second kappa shape index (κ2) is 7.49. The Bertz CT molecular complexity index is 693. The Hall–Kier alpha value is -1.99. The lowest BCUT2D eigenvalue weighted by atomic mass is 10.3. The molecule has 0 fully saturated rings. The van der Waals surface area contributed by atoms with E-state index >= 15 is 0 Å². The Balaban J connectivity index is 2.32. The molecule has 0 spiro atoms. The van der Waals surface area contributed by atoms with Crippen LogP contribution in [0.25, 0.3) is 0 Å². The van der Waals surface area contributed by atoms with Crippen molar-refractivity contribution in [1.29, 1.82) is 0 Å². The van der Waals surface area contributed by atoms with Gasteiger partial charge in [0.25, 0.3) is 8.32 Å². The van der Waals surface area contributed by atoms with Gasteiger partial charge in [0.05, 0.1) is 0 Å². The molecule has 3 aromatic carbocycles. The van der Waals surface area contributed by atoms with E-state index in [9.17, 15) is 0 Å². The fourth-order valence-corrected chi connectivity index (χ4v) is 10.8. The van der Waals surface area contributed by atoms with Crippen molar-refractivity contribution in [1.82, 2.24) is 0 Å². The largest absolute Gasteiger partial charge is 0.425 e. The Kier molecular flexibility index (Phi) is 5.34. The minimum atomic E-state index is -2.64. The van der Waals surface area contributed by atoms with Crippen LogP contribution in [0.15, 0.2) is 91.0 Å². The molecule has 0 aliphatic carbocycles. The van der Waals surface area contributed by atoms with Crippen LogP contribution in [-0.4, -0.2) is 24.0 Å². The summed E-state index contributed by atoms with van der Waals surface area (Å²) in [6, 6.07) is 31.8. The Morgan fingerprint density at radius 1 is 0.560 bits per heavy atom. The lowest BCUT2D eigenvalue weighted by Crippen LogP contribution is -2.72. The summed E-state index contributed by atoms with van der Waals surface area (Å²) < 4.78 is 12.8. The van der Waals surface area contributed by atoms with E-state index in [0.717, 1.165) is 0 Å². The van der Waals surface area contributed by atoms with Gasteiger partial charge >= 0.3 is 8.56 Å². The van der Waals surface area contributed by atoms with Crippen LogP contribution in [0.5, 0.6) is 0 Å². The predicted molar refractivity (Wildman–Crippen MR) is 110 cm³/mol. The second-order valence-corrected chi connectivity index (χ2v) is 13.6. The van der Waals surface area contributed by atoms with Crippen LogP contribution < -0.4 is 15.6 Å². The molecule has 0 bridgehead atoms. The summed E-state index contributed by atoms with van der Waals surface area (Å²) in [5.74, 6) is 0. The van der Waals surface area contributed by atoms with Crippen molar-refractivity contribution in [3.8, 4) is 0 Å². The molecule has 25 heavy (non-hydrogen) atoms. The highest BCUT2D eigenvalue weighted by Gasteiger charge is 2.46. The van der Waals surface area contributed by atoms with Gasteiger partial charge in [0, 0.05) is 7.11 Å². The molecule has 4 heteroatoms. The first-order valence-electron chi connectivity index (χ1n) is 8.50. The van der Waals surface area contributed by atoms with Crippen LogP contribution in [0.1, 0.15) is 0 Å². The molecule has 0 saturated heterocycles. The van der Waals surface area contributed by atoms with E-state index in [4.69, 9.17) is 8.54 Å². The molecule has 3 aromatic rings. The molecular formula is C21H24O2Si2. The number of rotatable bonds is 6. The van der Waals surface area contributed by atoms with Crippen LogP contribution in [0, 0.1) is 0 Å². The second-order valence-electron chi connectivity index (χ2n) is 6.49. The van der Waals surface area contributed by atoms with E-state index in [1.165, 1.54) is 15.6 Å². The monoisotopic (exact) mass is 364 g/mol. The lowest BCUT2D eigenvalue weighted by molar-refractivity contribution is 0.316. The fraction of sp³-hybridized carbons (Fsp3) is 0.143. The third kappa shape index (κ3) is 3.67. The minimum Gasteiger partial charge on any atom is -0.425 e. The van der Waals surface area contributed by atoms with Gasteiger partial charge in [-0.2, -0.15) is 0 Å². The molecule has 0 radical (unpaired) electrons. The topological polar surface area (TPSA) is 18.5 Å². The average molecular weight is 365 g/mol. The van der Waals surface area contributed by atoms with Crippen molar-refractivity contribution in [2.75, 3.05) is 7.11 Å². The van der Waals surface area contributed by atoms with Crippen LogP contribution in [0.2, 0.25) is 13.1 Å². The van der Waals surface area contributed by atoms with E-state index in [-0.39, 0.29) is 0 Å². The van der Waals surface area contributed by atoms with Gasteiger partial charge in [-0.25, -0.2) is 0 Å². The van der Waals surface area contributed by atoms with Gasteiger partial charge in [-0.15, -0.1) is 0 Å². The Morgan fingerprint density at radius 2 is 0.880 bits per heavy atom. The van der Waals surface area contributed by atoms with Crippen LogP contribution in [0.4, 0.5) is 0 Å². The summed E-state index contributed by atoms with van der Waals surface area (Å²) in [6.07, 6.45) is 0. The number of benzene rings is 3. The molecule has 0 N–H and O–H groups in total. The Labute approximate surface area is 152 Å². The third-order valence-corrected chi connectivity index (χ3v) is 12.0. The molecule has 0 aliphatic rings. The third-order valence-electron chi connectivity index (χ3n) is 4.43. The van der Waals surface area contributed by atoms with Crippen molar-refractivity contribution < 1.29 is 8.54 Å². The molecule has 0 aliphatic heterocycles. The summed E-state index contributed by atoms with van der Waals surface area (Å²) in [4.78, 5) is 0. The van der Waals surface area contributed by atoms with Gasteiger partial charge in [-0.1, -0.05) is 91.0 Å². The van der Waals surface area contributed by atoms with E-state index < -0.39 is 16.9 Å². The first-order chi connectivity index (χ1) is 12.1. The first kappa shape index (κ1) is 17.8. The van der Waals surface area contributed by atoms with Crippen LogP contribution >= 0.6 is 0 Å². The Morgan fingerprint density at radius 3 is 1.16 bits per heavy atom. The minimum absolute atomic E-state index is 1.24. The molecule has 0 unspecified atom stereocenters. The molecule has 3 rings (SSSR count). The van der Waals surface area contributed by atoms with Crippen molar-refractivity contribution in [3.63, 3.8) is 0 Å². The molecule has 128 valence electrons. The molecule has 0 atom stereocenters. The van der Waals surface area contributed by atoms with E-state index in [0.29, 0.717) is 0 Å². The van der Waals surface area contributed by atoms with E-state index in [2.05, 4.69) is 104 Å². The summed E-state index contributed by atoms with van der Waals surface area (Å²) in [5, 5.41) is 3.72. The van der Waals surface area contributed by atoms with Crippen LogP contribution in [0.3, 0.4) is 0 Å². The fourth-order valence-electron chi connectivity index (χ4n) is 3.11. The normalized spacial score (nSPS) is 12.1. The molecule has 0 saturated carbocycles. The first-order valence-corrected chi connectivity index (χ1v) is 13.2. The zero-order valence-electron chi connectivity index (χ0n) is 15.0. The van der Waals surface area contributed by atoms with Crippen molar-refractivity contribution >= 4 is 32.4 Å². The number of hydrogen-bond acceptors (Lipinski definition) is 2. The molecule has 0 amide bonds. The highest BCUT2D eigenvalue weighted by atomic mass is 28.4. The maximum Gasteiger partial charge on any atom is 0.321 e. The quantitative estimate of drug-likeness (QED) is 0.494. The van der Waals surface area contributed by atoms with Crippen molar-refractivity contribution in [2.24, 2.45) is 0 Å². The van der Waals surface area contributed by atoms with Crippen molar-refractivity contribution in [2.45, 2.75) is 13.1 Å². The standard InChI is InChI=1S/C21H24O2Si2/c1-22-24(2,3)23-25(19-13-7-4-8-14-19,20-15-9-5-10-16-20)21-17-11-6-12-18-21/h4-18H,1-3H3. The number of hydrogen-bond donors (Lipinski definition) is 0. The van der Waals surface area contributed by atoms with Crippen molar-refractivity contribution in [3.05, 3.63) is 91.0 Å². The van der Waals surface area contributed by atoms with E-state index in [1.54, 1.807) is 7.11 Å². The SMILES string of the molecule is CO[Si](C)(C)O[Si](c1ccccc1)(c1ccccc1)c1ccccc1. The van der Waals surface area contributed by atoms with Gasteiger partial charge in [0.2, 0.25) is 0 Å². The van der Waals surface area contributed by atoms with Gasteiger partial charge in [0.1, 0.15) is 0 Å². The summed E-state index contributed by atoms with van der Waals surface area (Å²) in [7, 11) is -3.19. The van der Waals surface area contributed by atoms with Gasteiger partial charge in [-0.3, -0.25) is 0 Å².